The second-order valence-corrected chi connectivity index (χ2v) is 7.13. The smallest absolute Gasteiger partial charge is 0.266 e. The van der Waals surface area contributed by atoms with Gasteiger partial charge in [0.05, 0.1) is 5.69 Å². The predicted octanol–water partition coefficient (Wildman–Crippen LogP) is 2.50. The van der Waals surface area contributed by atoms with Gasteiger partial charge in [0, 0.05) is 19.4 Å². The molecule has 0 saturated carbocycles. The summed E-state index contributed by atoms with van der Waals surface area (Å²) in [6.07, 6.45) is 2.95. The van der Waals surface area contributed by atoms with Crippen molar-refractivity contribution in [2.45, 2.75) is 18.4 Å². The molecule has 2 aromatic heterocycles. The number of nitrogens with one attached hydrogen (secondary N) is 1. The molecule has 2 heterocycles. The largest absolute Gasteiger partial charge is 0.485 e. The third kappa shape index (κ3) is 3.97. The molecule has 1 aromatic carbocycles. The minimum absolute atomic E-state index is 0.106. The number of nitrogens with zero attached hydrogens (tertiary/aromatic N) is 3. The van der Waals surface area contributed by atoms with Gasteiger partial charge in [0.15, 0.2) is 11.6 Å². The van der Waals surface area contributed by atoms with E-state index in [0.29, 0.717) is 18.1 Å². The molecule has 0 spiro atoms. The van der Waals surface area contributed by atoms with Crippen molar-refractivity contribution in [2.75, 3.05) is 4.72 Å². The van der Waals surface area contributed by atoms with Gasteiger partial charge in [-0.2, -0.15) is 5.10 Å². The zero-order valence-corrected chi connectivity index (χ0v) is 14.7. The normalized spacial score (nSPS) is 11.3. The fourth-order valence-electron chi connectivity index (χ4n) is 2.34. The summed E-state index contributed by atoms with van der Waals surface area (Å²) in [5, 5.41) is 4.06. The van der Waals surface area contributed by atoms with E-state index in [9.17, 15) is 8.42 Å². The number of anilines is 1. The summed E-state index contributed by atoms with van der Waals surface area (Å²) in [5.74, 6) is 0.498. The van der Waals surface area contributed by atoms with Crippen molar-refractivity contribution in [3.63, 3.8) is 0 Å². The Morgan fingerprint density at radius 1 is 1.16 bits per heavy atom. The van der Waals surface area contributed by atoms with Crippen LogP contribution in [0.1, 0.15) is 11.3 Å². The molecule has 0 saturated heterocycles. The first-order valence-corrected chi connectivity index (χ1v) is 9.09. The van der Waals surface area contributed by atoms with Crippen molar-refractivity contribution >= 4 is 15.8 Å². The maximum atomic E-state index is 12.6. The molecule has 0 radical (unpaired) electrons. The van der Waals surface area contributed by atoms with Crippen LogP contribution in [0.2, 0.25) is 0 Å². The lowest BCUT2D eigenvalue weighted by atomic mass is 10.2. The van der Waals surface area contributed by atoms with Gasteiger partial charge in [-0.05, 0) is 24.6 Å². The summed E-state index contributed by atoms with van der Waals surface area (Å²) >= 11 is 0. The van der Waals surface area contributed by atoms with Crippen LogP contribution >= 0.6 is 0 Å². The summed E-state index contributed by atoms with van der Waals surface area (Å²) in [6.45, 7) is 1.95. The molecule has 3 rings (SSSR count). The summed E-state index contributed by atoms with van der Waals surface area (Å²) in [6, 6.07) is 13.0. The first kappa shape index (κ1) is 17.0. The Hall–Kier alpha value is -2.87. The van der Waals surface area contributed by atoms with E-state index in [4.69, 9.17) is 4.74 Å². The van der Waals surface area contributed by atoms with Crippen LogP contribution in [0.4, 0.5) is 5.82 Å². The number of ether oxygens (including phenoxy) is 1. The SMILES string of the molecule is Cc1nn(C)cc1S(=O)(=O)Nc1ncccc1OCc1ccccc1. The topological polar surface area (TPSA) is 86.1 Å². The van der Waals surface area contributed by atoms with Crippen molar-refractivity contribution in [2.24, 2.45) is 7.05 Å². The number of sulfonamides is 1. The Labute approximate surface area is 146 Å². The second-order valence-electron chi connectivity index (χ2n) is 5.48. The number of hydrogen-bond acceptors (Lipinski definition) is 5. The van der Waals surface area contributed by atoms with Crippen LogP contribution in [-0.4, -0.2) is 23.2 Å². The Balaban J connectivity index is 1.82. The third-order valence-electron chi connectivity index (χ3n) is 3.50. The second kappa shape index (κ2) is 6.94. The molecule has 0 aliphatic heterocycles. The zero-order chi connectivity index (χ0) is 17.9. The Kier molecular flexibility index (Phi) is 4.71. The molecule has 7 nitrogen and oxygen atoms in total. The molecule has 8 heteroatoms. The van der Waals surface area contributed by atoms with E-state index < -0.39 is 10.0 Å². The highest BCUT2D eigenvalue weighted by atomic mass is 32.2. The number of benzene rings is 1. The Morgan fingerprint density at radius 3 is 2.60 bits per heavy atom. The van der Waals surface area contributed by atoms with Crippen molar-refractivity contribution in [3.05, 3.63) is 66.1 Å². The van der Waals surface area contributed by atoms with Crippen LogP contribution in [0, 0.1) is 6.92 Å². The summed E-state index contributed by atoms with van der Waals surface area (Å²) in [5.41, 5.74) is 1.39. The summed E-state index contributed by atoms with van der Waals surface area (Å²) in [7, 11) is -2.14. The van der Waals surface area contributed by atoms with Gasteiger partial charge in [-0.3, -0.25) is 9.40 Å². The number of aromatic nitrogens is 3. The lowest BCUT2D eigenvalue weighted by Gasteiger charge is -2.12. The maximum absolute atomic E-state index is 12.6. The first-order chi connectivity index (χ1) is 12.0. The minimum Gasteiger partial charge on any atom is -0.485 e. The number of rotatable bonds is 6. The fraction of sp³-hybridized carbons (Fsp3) is 0.176. The van der Waals surface area contributed by atoms with Gasteiger partial charge in [0.25, 0.3) is 10.0 Å². The molecule has 0 fully saturated rings. The van der Waals surface area contributed by atoms with E-state index in [1.165, 1.54) is 17.1 Å². The molecule has 0 bridgehead atoms. The van der Waals surface area contributed by atoms with E-state index in [0.717, 1.165) is 5.56 Å². The van der Waals surface area contributed by atoms with Crippen LogP contribution in [-0.2, 0) is 23.7 Å². The average molecular weight is 358 g/mol. The van der Waals surface area contributed by atoms with Gasteiger partial charge in [-0.15, -0.1) is 0 Å². The zero-order valence-electron chi connectivity index (χ0n) is 13.9. The average Bonchev–Trinajstić information content (AvgIpc) is 2.94. The van der Waals surface area contributed by atoms with E-state index in [-0.39, 0.29) is 10.7 Å². The lowest BCUT2D eigenvalue weighted by Crippen LogP contribution is -2.15. The van der Waals surface area contributed by atoms with Crippen LogP contribution in [0.3, 0.4) is 0 Å². The minimum atomic E-state index is -3.80. The van der Waals surface area contributed by atoms with Crippen LogP contribution in [0.15, 0.2) is 59.8 Å². The highest BCUT2D eigenvalue weighted by Gasteiger charge is 2.22. The molecule has 0 aliphatic carbocycles. The van der Waals surface area contributed by atoms with Gasteiger partial charge in [-0.25, -0.2) is 13.4 Å². The number of pyridine rings is 1. The van der Waals surface area contributed by atoms with Crippen molar-refractivity contribution in [1.82, 2.24) is 14.8 Å². The van der Waals surface area contributed by atoms with E-state index >= 15 is 0 Å². The maximum Gasteiger partial charge on any atom is 0.266 e. The Morgan fingerprint density at radius 2 is 1.92 bits per heavy atom. The molecule has 0 atom stereocenters. The van der Waals surface area contributed by atoms with E-state index in [2.05, 4.69) is 14.8 Å². The van der Waals surface area contributed by atoms with Gasteiger partial charge >= 0.3 is 0 Å². The van der Waals surface area contributed by atoms with Crippen LogP contribution < -0.4 is 9.46 Å². The molecule has 130 valence electrons. The summed E-state index contributed by atoms with van der Waals surface area (Å²) < 4.78 is 34.9. The van der Waals surface area contributed by atoms with Crippen molar-refractivity contribution < 1.29 is 13.2 Å². The lowest BCUT2D eigenvalue weighted by molar-refractivity contribution is 0.307. The van der Waals surface area contributed by atoms with Gasteiger partial charge in [0.1, 0.15) is 11.5 Å². The van der Waals surface area contributed by atoms with Gasteiger partial charge in [-0.1, -0.05) is 30.3 Å². The quantitative estimate of drug-likeness (QED) is 0.732. The molecule has 0 amide bonds. The van der Waals surface area contributed by atoms with E-state index in [1.54, 1.807) is 26.1 Å². The van der Waals surface area contributed by atoms with Crippen LogP contribution in [0.25, 0.3) is 0 Å². The molecular weight excluding hydrogens is 340 g/mol. The summed E-state index contributed by atoms with van der Waals surface area (Å²) in [4.78, 5) is 4.20. The van der Waals surface area contributed by atoms with E-state index in [1.807, 2.05) is 30.3 Å². The monoisotopic (exact) mass is 358 g/mol. The fourth-order valence-corrected chi connectivity index (χ4v) is 3.58. The number of aryl methyl sites for hydroxylation is 2. The third-order valence-corrected chi connectivity index (χ3v) is 4.94. The number of hydrogen-bond donors (Lipinski definition) is 1. The molecule has 0 unspecified atom stereocenters. The highest BCUT2D eigenvalue weighted by Crippen LogP contribution is 2.25. The molecule has 1 N–H and O–H groups in total. The predicted molar refractivity (Wildman–Crippen MR) is 93.8 cm³/mol. The van der Waals surface area contributed by atoms with Gasteiger partial charge in [0.2, 0.25) is 0 Å². The molecule has 0 aliphatic rings. The first-order valence-electron chi connectivity index (χ1n) is 7.60. The van der Waals surface area contributed by atoms with Crippen molar-refractivity contribution in [3.8, 4) is 5.75 Å². The molecule has 25 heavy (non-hydrogen) atoms. The van der Waals surface area contributed by atoms with Gasteiger partial charge < -0.3 is 4.74 Å². The van der Waals surface area contributed by atoms with Crippen molar-refractivity contribution in [1.29, 1.82) is 0 Å². The highest BCUT2D eigenvalue weighted by molar-refractivity contribution is 7.92. The molecule has 3 aromatic rings. The Bertz CT molecular complexity index is 969. The molecular formula is C17H18N4O3S. The van der Waals surface area contributed by atoms with Crippen LogP contribution in [0.5, 0.6) is 5.75 Å². The standard InChI is InChI=1S/C17H18N4O3S/c1-13-16(11-21(2)19-13)25(22,23)20-17-15(9-6-10-18-17)24-12-14-7-4-3-5-8-14/h3-11H,12H2,1-2H3,(H,18,20).